The summed E-state index contributed by atoms with van der Waals surface area (Å²) in [6.07, 6.45) is 5.17. The number of carbonyl (C=O) groups excluding carboxylic acids is 1. The zero-order valence-corrected chi connectivity index (χ0v) is 11.8. The minimum Gasteiger partial charge on any atom is -0.450 e. The van der Waals surface area contributed by atoms with Crippen LogP contribution in [0.25, 0.3) is 0 Å². The lowest BCUT2D eigenvalue weighted by molar-refractivity contribution is -0.163. The van der Waals surface area contributed by atoms with Crippen molar-refractivity contribution in [1.29, 1.82) is 0 Å². The van der Waals surface area contributed by atoms with Crippen molar-refractivity contribution in [3.05, 3.63) is 71.8 Å². The van der Waals surface area contributed by atoms with Crippen LogP contribution >= 0.6 is 0 Å². The largest absolute Gasteiger partial charge is 0.450 e. The highest BCUT2D eigenvalue weighted by molar-refractivity contribution is 5.86. The van der Waals surface area contributed by atoms with Gasteiger partial charge in [-0.1, -0.05) is 66.6 Å². The van der Waals surface area contributed by atoms with E-state index in [-0.39, 0.29) is 6.61 Å². The summed E-state index contributed by atoms with van der Waals surface area (Å²) in [6.45, 7) is -0.0936. The van der Waals surface area contributed by atoms with Crippen LogP contribution in [0.1, 0.15) is 11.1 Å². The summed E-state index contributed by atoms with van der Waals surface area (Å²) in [7, 11) is 1.48. The van der Waals surface area contributed by atoms with Crippen LogP contribution in [0.4, 0.5) is 0 Å². The third-order valence-electron chi connectivity index (χ3n) is 3.24. The summed E-state index contributed by atoms with van der Waals surface area (Å²) in [4.78, 5) is 12.6. The zero-order valence-electron chi connectivity index (χ0n) is 11.8. The maximum Gasteiger partial charge on any atom is 0.348 e. The molecule has 2 aromatic carbocycles. The van der Waals surface area contributed by atoms with Gasteiger partial charge in [0.25, 0.3) is 0 Å². The standard InChI is InChI=1S/C18H16O3/c1-3-14-21-17(19)18(20-2,15-10-6-4-7-11-15)16-12-8-5-9-13-16/h1,4-13H,14H2,2H3. The molecule has 0 aliphatic carbocycles. The van der Waals surface area contributed by atoms with Crippen LogP contribution in [0.5, 0.6) is 0 Å². The van der Waals surface area contributed by atoms with Gasteiger partial charge >= 0.3 is 5.97 Å². The second kappa shape index (κ2) is 6.74. The van der Waals surface area contributed by atoms with Crippen molar-refractivity contribution >= 4 is 5.97 Å². The Morgan fingerprint density at radius 1 is 1.05 bits per heavy atom. The van der Waals surface area contributed by atoms with Crippen molar-refractivity contribution in [1.82, 2.24) is 0 Å². The molecule has 106 valence electrons. The van der Waals surface area contributed by atoms with Crippen molar-refractivity contribution in [2.75, 3.05) is 13.7 Å². The fourth-order valence-corrected chi connectivity index (χ4v) is 2.28. The summed E-state index contributed by atoms with van der Waals surface area (Å²) in [5.74, 6) is 1.77. The minimum absolute atomic E-state index is 0.0936. The van der Waals surface area contributed by atoms with Gasteiger partial charge in [-0.15, -0.1) is 6.42 Å². The monoisotopic (exact) mass is 280 g/mol. The number of ether oxygens (including phenoxy) is 2. The highest BCUT2D eigenvalue weighted by atomic mass is 16.6. The lowest BCUT2D eigenvalue weighted by Gasteiger charge is -2.30. The number of rotatable bonds is 5. The molecule has 0 aliphatic rings. The average Bonchev–Trinajstić information content (AvgIpc) is 2.56. The van der Waals surface area contributed by atoms with E-state index >= 15 is 0 Å². The van der Waals surface area contributed by atoms with Gasteiger partial charge in [0.1, 0.15) is 0 Å². The first-order chi connectivity index (χ1) is 10.3. The molecular weight excluding hydrogens is 264 g/mol. The maximum absolute atomic E-state index is 12.6. The quantitative estimate of drug-likeness (QED) is 0.624. The van der Waals surface area contributed by atoms with Crippen LogP contribution in [0.15, 0.2) is 60.7 Å². The molecular formula is C18H16O3. The van der Waals surface area contributed by atoms with Crippen LogP contribution in [0, 0.1) is 12.3 Å². The number of carbonyl (C=O) groups is 1. The number of hydrogen-bond acceptors (Lipinski definition) is 3. The van der Waals surface area contributed by atoms with Crippen molar-refractivity contribution in [3.8, 4) is 12.3 Å². The van der Waals surface area contributed by atoms with E-state index in [1.807, 2.05) is 60.7 Å². The Balaban J connectivity index is 2.57. The van der Waals surface area contributed by atoms with E-state index in [0.29, 0.717) is 11.1 Å². The van der Waals surface area contributed by atoms with Gasteiger partial charge < -0.3 is 9.47 Å². The first-order valence-corrected chi connectivity index (χ1v) is 6.52. The fourth-order valence-electron chi connectivity index (χ4n) is 2.28. The van der Waals surface area contributed by atoms with E-state index < -0.39 is 11.6 Å². The predicted octanol–water partition coefficient (Wildman–Crippen LogP) is 2.75. The molecule has 2 rings (SSSR count). The summed E-state index contributed by atoms with van der Waals surface area (Å²) in [5, 5.41) is 0. The molecule has 0 aromatic heterocycles. The van der Waals surface area contributed by atoms with Gasteiger partial charge in [0.2, 0.25) is 5.60 Å². The van der Waals surface area contributed by atoms with Gasteiger partial charge in [-0.3, -0.25) is 0 Å². The average molecular weight is 280 g/mol. The SMILES string of the molecule is C#CCOC(=O)C(OC)(c1ccccc1)c1ccccc1. The maximum atomic E-state index is 12.6. The van der Waals surface area contributed by atoms with Crippen molar-refractivity contribution in [2.45, 2.75) is 5.60 Å². The molecule has 0 heterocycles. The normalized spacial score (nSPS) is 10.7. The number of benzene rings is 2. The molecule has 0 atom stereocenters. The molecule has 0 spiro atoms. The first kappa shape index (κ1) is 14.8. The zero-order chi connectivity index (χ0) is 15.1. The van der Waals surface area contributed by atoms with Crippen molar-refractivity contribution in [3.63, 3.8) is 0 Å². The highest BCUT2D eigenvalue weighted by Gasteiger charge is 2.44. The summed E-state index contributed by atoms with van der Waals surface area (Å²) < 4.78 is 10.8. The Hall–Kier alpha value is -2.57. The van der Waals surface area contributed by atoms with Crippen LogP contribution < -0.4 is 0 Å². The topological polar surface area (TPSA) is 35.5 Å². The molecule has 0 N–H and O–H groups in total. The third kappa shape index (κ3) is 2.81. The molecule has 0 saturated carbocycles. The van der Waals surface area contributed by atoms with Crippen LogP contribution in [0.2, 0.25) is 0 Å². The van der Waals surface area contributed by atoms with Crippen LogP contribution in [-0.4, -0.2) is 19.7 Å². The van der Waals surface area contributed by atoms with E-state index in [0.717, 1.165) is 0 Å². The lowest BCUT2D eigenvalue weighted by atomic mass is 9.86. The molecule has 3 heteroatoms. The molecule has 21 heavy (non-hydrogen) atoms. The van der Waals surface area contributed by atoms with Crippen molar-refractivity contribution < 1.29 is 14.3 Å². The molecule has 2 aromatic rings. The molecule has 0 fully saturated rings. The molecule has 0 radical (unpaired) electrons. The number of methoxy groups -OCH3 is 1. The molecule has 0 bridgehead atoms. The molecule has 0 saturated heterocycles. The fraction of sp³-hybridized carbons (Fsp3) is 0.167. The van der Waals surface area contributed by atoms with Gasteiger partial charge in [0.15, 0.2) is 6.61 Å². The minimum atomic E-state index is -1.32. The second-order valence-corrected chi connectivity index (χ2v) is 4.40. The van der Waals surface area contributed by atoms with Gasteiger partial charge in [-0.25, -0.2) is 4.79 Å². The van der Waals surface area contributed by atoms with E-state index in [9.17, 15) is 4.79 Å². The van der Waals surface area contributed by atoms with Crippen molar-refractivity contribution in [2.24, 2.45) is 0 Å². The van der Waals surface area contributed by atoms with Gasteiger partial charge in [-0.2, -0.15) is 0 Å². The molecule has 0 amide bonds. The molecule has 3 nitrogen and oxygen atoms in total. The summed E-state index contributed by atoms with van der Waals surface area (Å²) >= 11 is 0. The van der Waals surface area contributed by atoms with E-state index in [2.05, 4.69) is 5.92 Å². The third-order valence-corrected chi connectivity index (χ3v) is 3.24. The smallest absolute Gasteiger partial charge is 0.348 e. The Kier molecular flexibility index (Phi) is 4.76. The van der Waals surface area contributed by atoms with Gasteiger partial charge in [0.05, 0.1) is 0 Å². The first-order valence-electron chi connectivity index (χ1n) is 6.52. The second-order valence-electron chi connectivity index (χ2n) is 4.40. The molecule has 0 unspecified atom stereocenters. The van der Waals surface area contributed by atoms with E-state index in [1.165, 1.54) is 7.11 Å². The predicted molar refractivity (Wildman–Crippen MR) is 80.5 cm³/mol. The van der Waals surface area contributed by atoms with Crippen LogP contribution in [-0.2, 0) is 19.9 Å². The van der Waals surface area contributed by atoms with Gasteiger partial charge in [0, 0.05) is 7.11 Å². The molecule has 0 aliphatic heterocycles. The van der Waals surface area contributed by atoms with E-state index in [4.69, 9.17) is 15.9 Å². The Bertz CT molecular complexity index is 587. The van der Waals surface area contributed by atoms with E-state index in [1.54, 1.807) is 0 Å². The Labute approximate surface area is 124 Å². The van der Waals surface area contributed by atoms with Crippen LogP contribution in [0.3, 0.4) is 0 Å². The number of esters is 1. The van der Waals surface area contributed by atoms with Gasteiger partial charge in [-0.05, 0) is 11.1 Å². The Morgan fingerprint density at radius 2 is 1.52 bits per heavy atom. The number of terminal acetylenes is 1. The summed E-state index contributed by atoms with van der Waals surface area (Å²) in [5.41, 5.74) is 0.0702. The highest BCUT2D eigenvalue weighted by Crippen LogP contribution is 2.34. The lowest BCUT2D eigenvalue weighted by Crippen LogP contribution is -2.40. The number of hydrogen-bond donors (Lipinski definition) is 0. The Morgan fingerprint density at radius 3 is 1.90 bits per heavy atom. The summed E-state index contributed by atoms with van der Waals surface area (Å²) in [6, 6.07) is 18.5.